The molecule has 0 radical (unpaired) electrons. The Morgan fingerprint density at radius 1 is 1.53 bits per heavy atom. The second-order valence-electron chi connectivity index (χ2n) is 5.50. The summed E-state index contributed by atoms with van der Waals surface area (Å²) < 4.78 is 0. The maximum atomic E-state index is 12.1. The fourth-order valence-corrected chi connectivity index (χ4v) is 2.77. The van der Waals surface area contributed by atoms with Gasteiger partial charge in [0.25, 0.3) is 0 Å². The zero-order chi connectivity index (χ0) is 11.5. The number of unbranched alkanes of at least 4 members (excludes halogenated alkanes) is 1. The molecule has 1 nitrogen and oxygen atoms in total. The highest BCUT2D eigenvalue weighted by atomic mass is 16.1. The van der Waals surface area contributed by atoms with E-state index in [0.29, 0.717) is 5.78 Å². The molecular weight excluding hydrogens is 184 g/mol. The van der Waals surface area contributed by atoms with Crippen LogP contribution >= 0.6 is 0 Å². The third-order valence-corrected chi connectivity index (χ3v) is 3.61. The lowest BCUT2D eigenvalue weighted by Gasteiger charge is -2.39. The van der Waals surface area contributed by atoms with E-state index in [-0.39, 0.29) is 11.3 Å². The maximum Gasteiger partial charge on any atom is 0.140 e. The number of Topliss-reactive ketones (excluding diaryl/α,β-unsaturated/α-hetero) is 1. The second kappa shape index (κ2) is 4.96. The monoisotopic (exact) mass is 208 g/mol. The topological polar surface area (TPSA) is 17.1 Å². The van der Waals surface area contributed by atoms with Gasteiger partial charge in [0.05, 0.1) is 0 Å². The van der Waals surface area contributed by atoms with Crippen molar-refractivity contribution in [1.82, 2.24) is 0 Å². The standard InChI is InChI=1S/C14H24O/c1-5-6-9-12(15)13-11(2)8-7-10-14(13,3)4/h13H,2,5-10H2,1,3-4H3. The summed E-state index contributed by atoms with van der Waals surface area (Å²) in [4.78, 5) is 12.1. The van der Waals surface area contributed by atoms with Crippen LogP contribution in [0.25, 0.3) is 0 Å². The van der Waals surface area contributed by atoms with E-state index in [1.165, 1.54) is 12.0 Å². The molecule has 0 aromatic heterocycles. The zero-order valence-electron chi connectivity index (χ0n) is 10.4. The van der Waals surface area contributed by atoms with E-state index >= 15 is 0 Å². The van der Waals surface area contributed by atoms with Crippen LogP contribution in [-0.2, 0) is 4.79 Å². The molecule has 0 amide bonds. The van der Waals surface area contributed by atoms with Gasteiger partial charge in [-0.3, -0.25) is 4.79 Å². The molecule has 86 valence electrons. The molecule has 1 saturated carbocycles. The number of ketones is 1. The lowest BCUT2D eigenvalue weighted by Crippen LogP contribution is -2.35. The average molecular weight is 208 g/mol. The fraction of sp³-hybridized carbons (Fsp3) is 0.786. The largest absolute Gasteiger partial charge is 0.299 e. The van der Waals surface area contributed by atoms with Gasteiger partial charge in [-0.05, 0) is 31.1 Å². The molecule has 1 unspecified atom stereocenters. The van der Waals surface area contributed by atoms with Gasteiger partial charge in [-0.1, -0.05) is 39.3 Å². The van der Waals surface area contributed by atoms with Gasteiger partial charge in [-0.25, -0.2) is 0 Å². The molecule has 1 aliphatic carbocycles. The second-order valence-corrected chi connectivity index (χ2v) is 5.50. The number of hydrogen-bond donors (Lipinski definition) is 0. The SMILES string of the molecule is C=C1CCCC(C)(C)C1C(=O)CCCC. The Morgan fingerprint density at radius 2 is 2.20 bits per heavy atom. The van der Waals surface area contributed by atoms with Crippen LogP contribution in [0, 0.1) is 11.3 Å². The Balaban J connectivity index is 2.70. The molecule has 1 rings (SSSR count). The van der Waals surface area contributed by atoms with Crippen molar-refractivity contribution in [3.63, 3.8) is 0 Å². The Hall–Kier alpha value is -0.590. The van der Waals surface area contributed by atoms with Crippen LogP contribution in [0.3, 0.4) is 0 Å². The molecule has 0 saturated heterocycles. The van der Waals surface area contributed by atoms with Crippen molar-refractivity contribution in [3.05, 3.63) is 12.2 Å². The summed E-state index contributed by atoms with van der Waals surface area (Å²) in [5.74, 6) is 0.546. The number of carbonyl (C=O) groups is 1. The molecule has 1 atom stereocenters. The molecule has 0 spiro atoms. The zero-order valence-corrected chi connectivity index (χ0v) is 10.4. The van der Waals surface area contributed by atoms with Crippen molar-refractivity contribution in [2.75, 3.05) is 0 Å². The van der Waals surface area contributed by atoms with E-state index in [4.69, 9.17) is 0 Å². The van der Waals surface area contributed by atoms with Crippen molar-refractivity contribution in [2.45, 2.75) is 59.3 Å². The van der Waals surface area contributed by atoms with Crippen LogP contribution in [-0.4, -0.2) is 5.78 Å². The van der Waals surface area contributed by atoms with Crippen molar-refractivity contribution >= 4 is 5.78 Å². The predicted molar refractivity (Wildman–Crippen MR) is 64.8 cm³/mol. The van der Waals surface area contributed by atoms with E-state index in [9.17, 15) is 4.79 Å². The number of hydrogen-bond acceptors (Lipinski definition) is 1. The summed E-state index contributed by atoms with van der Waals surface area (Å²) in [7, 11) is 0. The quantitative estimate of drug-likeness (QED) is 0.635. The summed E-state index contributed by atoms with van der Waals surface area (Å²) in [5.41, 5.74) is 1.31. The first-order valence-corrected chi connectivity index (χ1v) is 6.19. The summed E-state index contributed by atoms with van der Waals surface area (Å²) >= 11 is 0. The number of allylic oxidation sites excluding steroid dienone is 1. The van der Waals surface area contributed by atoms with Crippen LogP contribution < -0.4 is 0 Å². The average Bonchev–Trinajstić information content (AvgIpc) is 2.13. The Kier molecular flexibility index (Phi) is 4.12. The summed E-state index contributed by atoms with van der Waals surface area (Å²) in [6.45, 7) is 10.7. The van der Waals surface area contributed by atoms with Crippen LogP contribution in [0.2, 0.25) is 0 Å². The number of carbonyl (C=O) groups excluding carboxylic acids is 1. The first kappa shape index (κ1) is 12.5. The van der Waals surface area contributed by atoms with Crippen LogP contribution in [0.5, 0.6) is 0 Å². The highest BCUT2D eigenvalue weighted by molar-refractivity contribution is 5.84. The van der Waals surface area contributed by atoms with E-state index < -0.39 is 0 Å². The third-order valence-electron chi connectivity index (χ3n) is 3.61. The lowest BCUT2D eigenvalue weighted by atomic mass is 9.64. The Morgan fingerprint density at radius 3 is 2.73 bits per heavy atom. The third kappa shape index (κ3) is 2.93. The molecule has 1 aliphatic rings. The van der Waals surface area contributed by atoms with Gasteiger partial charge in [-0.2, -0.15) is 0 Å². The van der Waals surface area contributed by atoms with E-state index in [1.807, 2.05) is 0 Å². The van der Waals surface area contributed by atoms with E-state index in [2.05, 4.69) is 27.4 Å². The fourth-order valence-electron chi connectivity index (χ4n) is 2.77. The normalized spacial score (nSPS) is 25.3. The van der Waals surface area contributed by atoms with Gasteiger partial charge in [0.2, 0.25) is 0 Å². The Labute approximate surface area is 93.9 Å². The van der Waals surface area contributed by atoms with Crippen molar-refractivity contribution < 1.29 is 4.79 Å². The molecule has 0 aromatic carbocycles. The van der Waals surface area contributed by atoms with E-state index in [0.717, 1.165) is 32.1 Å². The number of rotatable bonds is 4. The molecule has 0 aromatic rings. The van der Waals surface area contributed by atoms with Crippen LogP contribution in [0.15, 0.2) is 12.2 Å². The van der Waals surface area contributed by atoms with Crippen LogP contribution in [0.1, 0.15) is 59.3 Å². The maximum absolute atomic E-state index is 12.1. The summed E-state index contributed by atoms with van der Waals surface area (Å²) in [6.07, 6.45) is 6.28. The molecule has 0 N–H and O–H groups in total. The Bertz CT molecular complexity index is 250. The van der Waals surface area contributed by atoms with E-state index in [1.54, 1.807) is 0 Å². The summed E-state index contributed by atoms with van der Waals surface area (Å²) in [5, 5.41) is 0. The van der Waals surface area contributed by atoms with Crippen molar-refractivity contribution in [3.8, 4) is 0 Å². The lowest BCUT2D eigenvalue weighted by molar-refractivity contribution is -0.125. The minimum Gasteiger partial charge on any atom is -0.299 e. The minimum atomic E-state index is 0.123. The van der Waals surface area contributed by atoms with Gasteiger partial charge in [0.15, 0.2) is 0 Å². The van der Waals surface area contributed by atoms with Gasteiger partial charge in [-0.15, -0.1) is 0 Å². The molecule has 0 heterocycles. The van der Waals surface area contributed by atoms with Gasteiger partial charge in [0, 0.05) is 12.3 Å². The van der Waals surface area contributed by atoms with Gasteiger partial charge in [0.1, 0.15) is 5.78 Å². The highest BCUT2D eigenvalue weighted by Gasteiger charge is 2.38. The molecule has 1 fully saturated rings. The molecule has 0 aliphatic heterocycles. The predicted octanol–water partition coefficient (Wildman–Crippen LogP) is 4.13. The highest BCUT2D eigenvalue weighted by Crippen LogP contribution is 2.44. The molecule has 0 bridgehead atoms. The first-order chi connectivity index (χ1) is 6.99. The first-order valence-electron chi connectivity index (χ1n) is 6.19. The molecular formula is C14H24O. The van der Waals surface area contributed by atoms with Gasteiger partial charge >= 0.3 is 0 Å². The van der Waals surface area contributed by atoms with Crippen molar-refractivity contribution in [2.24, 2.45) is 11.3 Å². The summed E-state index contributed by atoms with van der Waals surface area (Å²) in [6, 6.07) is 0. The molecule has 1 heteroatoms. The molecule has 15 heavy (non-hydrogen) atoms. The van der Waals surface area contributed by atoms with Gasteiger partial charge < -0.3 is 0 Å². The van der Waals surface area contributed by atoms with Crippen molar-refractivity contribution in [1.29, 1.82) is 0 Å². The minimum absolute atomic E-state index is 0.123. The van der Waals surface area contributed by atoms with Crippen LogP contribution in [0.4, 0.5) is 0 Å². The smallest absolute Gasteiger partial charge is 0.140 e.